The highest BCUT2D eigenvalue weighted by atomic mass is 16.6. The molecule has 0 aromatic carbocycles. The molecule has 3 rings (SSSR count). The van der Waals surface area contributed by atoms with Crippen LogP contribution in [0.1, 0.15) is 47.0 Å². The molecule has 2 bridgehead atoms. The van der Waals surface area contributed by atoms with E-state index >= 15 is 0 Å². The van der Waals surface area contributed by atoms with Gasteiger partial charge in [0.15, 0.2) is 6.10 Å². The smallest absolute Gasteiger partial charge is 0.405 e. The van der Waals surface area contributed by atoms with Crippen molar-refractivity contribution in [2.75, 3.05) is 47.5 Å². The van der Waals surface area contributed by atoms with Crippen LogP contribution in [0, 0.1) is 11.8 Å². The summed E-state index contributed by atoms with van der Waals surface area (Å²) in [4.78, 5) is 54.5. The number of nitrogens with zero attached hydrogens (tertiary/aromatic N) is 1. The van der Waals surface area contributed by atoms with Gasteiger partial charge in [0.2, 0.25) is 11.6 Å². The summed E-state index contributed by atoms with van der Waals surface area (Å²) in [6, 6.07) is 0. The largest absolute Gasteiger partial charge is 0.439 e. The topological polar surface area (TPSA) is 159 Å². The summed E-state index contributed by atoms with van der Waals surface area (Å²) < 4.78 is 22.9. The summed E-state index contributed by atoms with van der Waals surface area (Å²) in [6.45, 7) is 10.7. The zero-order valence-corrected chi connectivity index (χ0v) is 28.1. The Morgan fingerprint density at radius 3 is 2.39 bits per heavy atom. The number of hydrogen-bond acceptors (Lipinski definition) is 10. The van der Waals surface area contributed by atoms with E-state index in [1.807, 2.05) is 26.8 Å². The quantitative estimate of drug-likeness (QED) is 0.266. The van der Waals surface area contributed by atoms with Gasteiger partial charge in [0, 0.05) is 57.6 Å². The van der Waals surface area contributed by atoms with E-state index < -0.39 is 36.1 Å². The Labute approximate surface area is 272 Å². The summed E-state index contributed by atoms with van der Waals surface area (Å²) >= 11 is 0. The maximum Gasteiger partial charge on any atom is 0.405 e. The molecule has 254 valence electrons. The SMILES string of the molecule is CO[C@H]1[C@@H](OC)C[C@H](C)CC2=C(NCCN3CCC3)C(=O)C=C(NC(=O)/C(C)=C\C=C\[C@H](OC)[C@@H](OC(N)=O)/C(C)=C/[C@@H]1C)C2=O. The molecule has 2 aliphatic heterocycles. The number of ketones is 2. The molecule has 2 amide bonds. The number of methoxy groups -OCH3 is 3. The standard InChI is InChI=1S/C34H50N4O8/c1-20-16-24-29(36-12-15-38-13-9-14-38)26(39)19-25(30(24)40)37-33(41)21(2)10-8-11-27(43-5)32(46-34(35)42)23(4)18-22(3)31(45-7)28(17-20)44-6/h8,10-11,18-20,22,27-28,31-32,36H,9,12-17H2,1-7H3,(H2,35,42)(H,37,41)/b11-8+,21-10-,23-18+/t20-,22+,27+,28+,31-,32+/m1/s1. The molecule has 4 N–H and O–H groups in total. The third kappa shape index (κ3) is 9.71. The van der Waals surface area contributed by atoms with Crippen molar-refractivity contribution in [2.45, 2.75) is 71.4 Å². The highest BCUT2D eigenvalue weighted by molar-refractivity contribution is 6.23. The number of amides is 2. The first-order valence-corrected chi connectivity index (χ1v) is 15.8. The fourth-order valence-electron chi connectivity index (χ4n) is 6.07. The van der Waals surface area contributed by atoms with Crippen molar-refractivity contribution in [1.29, 1.82) is 0 Å². The van der Waals surface area contributed by atoms with Crippen LogP contribution in [-0.2, 0) is 33.3 Å². The van der Waals surface area contributed by atoms with Crippen molar-refractivity contribution in [3.63, 3.8) is 0 Å². The van der Waals surface area contributed by atoms with E-state index in [-0.39, 0.29) is 47.1 Å². The first-order valence-electron chi connectivity index (χ1n) is 15.8. The molecule has 3 aliphatic rings. The second kappa shape index (κ2) is 17.4. The average Bonchev–Trinajstić information content (AvgIpc) is 2.98. The van der Waals surface area contributed by atoms with Gasteiger partial charge in [-0.2, -0.15) is 0 Å². The number of fused-ring (bicyclic) bond motifs is 2. The summed E-state index contributed by atoms with van der Waals surface area (Å²) in [6.07, 6.45) is 6.53. The van der Waals surface area contributed by atoms with Crippen molar-refractivity contribution in [3.05, 3.63) is 58.5 Å². The van der Waals surface area contributed by atoms with Gasteiger partial charge in [-0.15, -0.1) is 0 Å². The normalized spacial score (nSPS) is 31.9. The molecule has 0 saturated carbocycles. The molecule has 1 fully saturated rings. The lowest BCUT2D eigenvalue weighted by molar-refractivity contribution is -0.120. The number of likely N-dealkylation sites (tertiary alicyclic amines) is 1. The number of nitrogens with one attached hydrogen (secondary N) is 2. The highest BCUT2D eigenvalue weighted by Crippen LogP contribution is 2.29. The minimum Gasteiger partial charge on any atom is -0.439 e. The van der Waals surface area contributed by atoms with Gasteiger partial charge in [0.25, 0.3) is 5.91 Å². The molecule has 0 spiro atoms. The molecule has 1 saturated heterocycles. The van der Waals surface area contributed by atoms with Gasteiger partial charge in [-0.1, -0.05) is 38.2 Å². The molecule has 1 aliphatic carbocycles. The van der Waals surface area contributed by atoms with Crippen LogP contribution >= 0.6 is 0 Å². The molecule has 12 nitrogen and oxygen atoms in total. The molecule has 12 heteroatoms. The third-order valence-corrected chi connectivity index (χ3v) is 8.71. The second-order valence-corrected chi connectivity index (χ2v) is 12.3. The van der Waals surface area contributed by atoms with E-state index in [4.69, 9.17) is 24.7 Å². The number of hydrogen-bond donors (Lipinski definition) is 3. The fraction of sp³-hybridized carbons (Fsp3) is 0.588. The van der Waals surface area contributed by atoms with Crippen LogP contribution in [0.3, 0.4) is 0 Å². The minimum absolute atomic E-state index is 0.0728. The van der Waals surface area contributed by atoms with E-state index in [1.165, 1.54) is 13.2 Å². The minimum atomic E-state index is -0.959. The van der Waals surface area contributed by atoms with E-state index in [2.05, 4.69) is 15.5 Å². The maximum atomic E-state index is 13.8. The van der Waals surface area contributed by atoms with Gasteiger partial charge < -0.3 is 40.2 Å². The molecule has 46 heavy (non-hydrogen) atoms. The van der Waals surface area contributed by atoms with Gasteiger partial charge in [0.05, 0.1) is 23.6 Å². The molecule has 6 atom stereocenters. The van der Waals surface area contributed by atoms with Crippen LogP contribution in [0.25, 0.3) is 0 Å². The van der Waals surface area contributed by atoms with Crippen molar-refractivity contribution in [2.24, 2.45) is 17.6 Å². The van der Waals surface area contributed by atoms with Crippen LogP contribution in [0.2, 0.25) is 0 Å². The van der Waals surface area contributed by atoms with Crippen molar-refractivity contribution >= 4 is 23.6 Å². The van der Waals surface area contributed by atoms with Crippen LogP contribution in [0.4, 0.5) is 4.79 Å². The Hall–Kier alpha value is -3.58. The average molecular weight is 643 g/mol. The monoisotopic (exact) mass is 642 g/mol. The highest BCUT2D eigenvalue weighted by Gasteiger charge is 2.34. The Morgan fingerprint density at radius 2 is 1.80 bits per heavy atom. The zero-order valence-electron chi connectivity index (χ0n) is 28.1. The summed E-state index contributed by atoms with van der Waals surface area (Å²) in [5, 5.41) is 5.86. The predicted molar refractivity (Wildman–Crippen MR) is 173 cm³/mol. The number of carbonyl (C=O) groups excluding carboxylic acids is 4. The summed E-state index contributed by atoms with van der Waals surface area (Å²) in [5.41, 5.74) is 6.91. The van der Waals surface area contributed by atoms with Gasteiger partial charge in [-0.05, 0) is 57.7 Å². The van der Waals surface area contributed by atoms with E-state index in [0.717, 1.165) is 26.1 Å². The molecule has 2 heterocycles. The molecule has 0 unspecified atom stereocenters. The van der Waals surface area contributed by atoms with Gasteiger partial charge >= 0.3 is 6.09 Å². The predicted octanol–water partition coefficient (Wildman–Crippen LogP) is 2.71. The number of nitrogens with two attached hydrogens (primary N) is 1. The van der Waals surface area contributed by atoms with Crippen LogP contribution in [0.5, 0.6) is 0 Å². The summed E-state index contributed by atoms with van der Waals surface area (Å²) in [7, 11) is 4.69. The second-order valence-electron chi connectivity index (χ2n) is 12.3. The van der Waals surface area contributed by atoms with Crippen molar-refractivity contribution < 1.29 is 38.1 Å². The fourth-order valence-corrected chi connectivity index (χ4v) is 6.07. The molecular formula is C34H50N4O8. The van der Waals surface area contributed by atoms with Crippen LogP contribution < -0.4 is 16.4 Å². The van der Waals surface area contributed by atoms with Gasteiger partial charge in [0.1, 0.15) is 6.10 Å². The van der Waals surface area contributed by atoms with E-state index in [9.17, 15) is 19.2 Å². The lowest BCUT2D eigenvalue weighted by Crippen LogP contribution is -2.43. The first-order chi connectivity index (χ1) is 21.9. The Kier molecular flexibility index (Phi) is 13.9. The Morgan fingerprint density at radius 1 is 1.09 bits per heavy atom. The van der Waals surface area contributed by atoms with E-state index in [0.29, 0.717) is 24.1 Å². The maximum absolute atomic E-state index is 13.8. The Balaban J connectivity index is 2.04. The van der Waals surface area contributed by atoms with Gasteiger partial charge in [-0.3, -0.25) is 14.4 Å². The van der Waals surface area contributed by atoms with Gasteiger partial charge in [-0.25, -0.2) is 4.79 Å². The lowest BCUT2D eigenvalue weighted by atomic mass is 9.85. The number of Topliss-reactive ketones (excluding diaryl/α,β-unsaturated/α-hetero) is 1. The van der Waals surface area contributed by atoms with Crippen molar-refractivity contribution in [1.82, 2.24) is 15.5 Å². The van der Waals surface area contributed by atoms with E-state index in [1.54, 1.807) is 39.4 Å². The number of allylic oxidation sites excluding steroid dienone is 4. The number of primary amides is 1. The lowest BCUT2D eigenvalue weighted by Gasteiger charge is -2.32. The molecular weight excluding hydrogens is 592 g/mol. The zero-order chi connectivity index (χ0) is 34.0. The number of rotatable bonds is 8. The van der Waals surface area contributed by atoms with Crippen LogP contribution in [0.15, 0.2) is 58.5 Å². The number of ether oxygens (including phenoxy) is 4. The third-order valence-electron chi connectivity index (χ3n) is 8.71. The summed E-state index contributed by atoms with van der Waals surface area (Å²) in [5.74, 6) is -1.60. The first kappa shape index (κ1) is 36.9. The molecule has 0 radical (unpaired) electrons. The van der Waals surface area contributed by atoms with Crippen molar-refractivity contribution in [3.8, 4) is 0 Å². The molecule has 0 aromatic heterocycles. The number of carbonyl (C=O) groups is 4. The van der Waals surface area contributed by atoms with Crippen LogP contribution in [-0.4, -0.2) is 100 Å². The molecule has 0 aromatic rings. The Bertz CT molecular complexity index is 1300.